The van der Waals surface area contributed by atoms with Crippen molar-refractivity contribution in [2.75, 3.05) is 0 Å². The molecule has 4 rings (SSSR count). The summed E-state index contributed by atoms with van der Waals surface area (Å²) in [4.78, 5) is 22.5. The Morgan fingerprint density at radius 1 is 0.968 bits per heavy atom. The van der Waals surface area contributed by atoms with Crippen molar-refractivity contribution in [1.29, 1.82) is 0 Å². The van der Waals surface area contributed by atoms with Crippen molar-refractivity contribution in [3.8, 4) is 22.9 Å². The molecule has 0 radical (unpaired) electrons. The van der Waals surface area contributed by atoms with Crippen LogP contribution in [0.15, 0.2) is 77.2 Å². The van der Waals surface area contributed by atoms with E-state index in [-0.39, 0.29) is 17.3 Å². The summed E-state index contributed by atoms with van der Waals surface area (Å²) in [5, 5.41) is 19.0. The third kappa shape index (κ3) is 4.59. The SMILES string of the molecule is O=C(OCc1ccc([N+](=O)[O-])cc1Cl)c1ccc(-c2nnc(-c3ccccc3)o2)cc1. The first-order chi connectivity index (χ1) is 15.0. The molecule has 0 spiro atoms. The van der Waals surface area contributed by atoms with Crippen LogP contribution in [0.25, 0.3) is 22.9 Å². The molecule has 0 unspecified atom stereocenters. The highest BCUT2D eigenvalue weighted by atomic mass is 35.5. The number of aromatic nitrogens is 2. The number of esters is 1. The van der Waals surface area contributed by atoms with E-state index in [0.29, 0.717) is 28.5 Å². The predicted molar refractivity (Wildman–Crippen MR) is 112 cm³/mol. The Morgan fingerprint density at radius 3 is 2.23 bits per heavy atom. The molecular formula is C22H14ClN3O5. The Bertz CT molecular complexity index is 1240. The van der Waals surface area contributed by atoms with Crippen LogP contribution < -0.4 is 0 Å². The van der Waals surface area contributed by atoms with Gasteiger partial charge in [0.25, 0.3) is 5.69 Å². The van der Waals surface area contributed by atoms with Gasteiger partial charge in [0.2, 0.25) is 11.8 Å². The summed E-state index contributed by atoms with van der Waals surface area (Å²) in [6.07, 6.45) is 0. The first-order valence-corrected chi connectivity index (χ1v) is 9.48. The molecule has 0 fully saturated rings. The van der Waals surface area contributed by atoms with Crippen LogP contribution in [0.4, 0.5) is 5.69 Å². The fourth-order valence-electron chi connectivity index (χ4n) is 2.78. The number of ether oxygens (including phenoxy) is 1. The van der Waals surface area contributed by atoms with Crippen molar-refractivity contribution in [2.24, 2.45) is 0 Å². The molecular weight excluding hydrogens is 422 g/mol. The maximum absolute atomic E-state index is 12.3. The summed E-state index contributed by atoms with van der Waals surface area (Å²) in [7, 11) is 0. The predicted octanol–water partition coefficient (Wildman–Crippen LogP) is 5.32. The molecule has 1 aromatic heterocycles. The first-order valence-electron chi connectivity index (χ1n) is 9.10. The number of halogens is 1. The molecule has 0 aliphatic carbocycles. The maximum Gasteiger partial charge on any atom is 0.338 e. The minimum Gasteiger partial charge on any atom is -0.457 e. The van der Waals surface area contributed by atoms with Gasteiger partial charge in [-0.25, -0.2) is 4.79 Å². The summed E-state index contributed by atoms with van der Waals surface area (Å²) in [5.74, 6) is 0.173. The van der Waals surface area contributed by atoms with Crippen molar-refractivity contribution in [1.82, 2.24) is 10.2 Å². The van der Waals surface area contributed by atoms with Crippen LogP contribution in [0.5, 0.6) is 0 Å². The molecule has 0 aliphatic heterocycles. The number of benzene rings is 3. The molecule has 8 nitrogen and oxygen atoms in total. The van der Waals surface area contributed by atoms with Gasteiger partial charge in [-0.05, 0) is 42.5 Å². The summed E-state index contributed by atoms with van der Waals surface area (Å²) in [6.45, 7) is -0.110. The van der Waals surface area contributed by atoms with E-state index in [1.165, 1.54) is 18.2 Å². The van der Waals surface area contributed by atoms with Crippen LogP contribution in [0.3, 0.4) is 0 Å². The second-order valence-electron chi connectivity index (χ2n) is 6.46. The van der Waals surface area contributed by atoms with Gasteiger partial charge in [0, 0.05) is 28.8 Å². The molecule has 0 atom stereocenters. The van der Waals surface area contributed by atoms with E-state index in [4.69, 9.17) is 20.8 Å². The number of non-ortho nitro benzene ring substituents is 1. The average molecular weight is 436 g/mol. The standard InChI is InChI=1S/C22H14ClN3O5/c23-19-12-18(26(28)29)11-10-17(19)13-30-22(27)16-8-6-15(7-9-16)21-25-24-20(31-21)14-4-2-1-3-5-14/h1-12H,13H2. The topological polar surface area (TPSA) is 108 Å². The van der Waals surface area contributed by atoms with Gasteiger partial charge in [0.1, 0.15) is 6.61 Å². The molecule has 0 saturated heterocycles. The molecule has 3 aromatic carbocycles. The monoisotopic (exact) mass is 435 g/mol. The molecule has 0 aliphatic rings. The van der Waals surface area contributed by atoms with Crippen LogP contribution >= 0.6 is 11.6 Å². The van der Waals surface area contributed by atoms with Gasteiger partial charge >= 0.3 is 5.97 Å². The Labute approximate surface area is 181 Å². The number of nitro benzene ring substituents is 1. The highest BCUT2D eigenvalue weighted by molar-refractivity contribution is 6.31. The number of nitro groups is 1. The lowest BCUT2D eigenvalue weighted by molar-refractivity contribution is -0.384. The maximum atomic E-state index is 12.3. The zero-order valence-corrected chi connectivity index (χ0v) is 16.7. The third-order valence-electron chi connectivity index (χ3n) is 4.42. The van der Waals surface area contributed by atoms with E-state index < -0.39 is 10.9 Å². The van der Waals surface area contributed by atoms with Gasteiger partial charge in [0.05, 0.1) is 15.5 Å². The summed E-state index contributed by atoms with van der Waals surface area (Å²) < 4.78 is 11.0. The van der Waals surface area contributed by atoms with Crippen LogP contribution in [-0.2, 0) is 11.3 Å². The summed E-state index contributed by atoms with van der Waals surface area (Å²) in [5.41, 5.74) is 2.13. The van der Waals surface area contributed by atoms with Crippen LogP contribution in [0.2, 0.25) is 5.02 Å². The van der Waals surface area contributed by atoms with Crippen molar-refractivity contribution in [3.05, 3.63) is 99.1 Å². The lowest BCUT2D eigenvalue weighted by atomic mass is 10.1. The molecule has 154 valence electrons. The normalized spacial score (nSPS) is 10.6. The second-order valence-corrected chi connectivity index (χ2v) is 6.87. The van der Waals surface area contributed by atoms with Crippen molar-refractivity contribution < 1.29 is 18.9 Å². The molecule has 0 bridgehead atoms. The molecule has 0 amide bonds. The van der Waals surface area contributed by atoms with Gasteiger partial charge in [-0.3, -0.25) is 10.1 Å². The number of carbonyl (C=O) groups is 1. The van der Waals surface area contributed by atoms with Gasteiger partial charge in [-0.2, -0.15) is 0 Å². The molecule has 31 heavy (non-hydrogen) atoms. The van der Waals surface area contributed by atoms with Gasteiger partial charge in [-0.15, -0.1) is 10.2 Å². The molecule has 0 saturated carbocycles. The average Bonchev–Trinajstić information content (AvgIpc) is 3.29. The zero-order valence-electron chi connectivity index (χ0n) is 15.9. The van der Waals surface area contributed by atoms with Crippen LogP contribution in [-0.4, -0.2) is 21.1 Å². The molecule has 9 heteroatoms. The van der Waals surface area contributed by atoms with E-state index in [2.05, 4.69) is 10.2 Å². The number of hydrogen-bond acceptors (Lipinski definition) is 7. The fourth-order valence-corrected chi connectivity index (χ4v) is 3.01. The number of rotatable bonds is 6. The van der Waals surface area contributed by atoms with Crippen LogP contribution in [0, 0.1) is 10.1 Å². The largest absolute Gasteiger partial charge is 0.457 e. The highest BCUT2D eigenvalue weighted by Crippen LogP contribution is 2.25. The van der Waals surface area contributed by atoms with Crippen molar-refractivity contribution in [3.63, 3.8) is 0 Å². The zero-order chi connectivity index (χ0) is 21.8. The third-order valence-corrected chi connectivity index (χ3v) is 4.77. The number of nitrogens with zero attached hydrogens (tertiary/aromatic N) is 3. The first kappa shape index (κ1) is 20.2. The lowest BCUT2D eigenvalue weighted by Crippen LogP contribution is -2.05. The number of hydrogen-bond donors (Lipinski definition) is 0. The van der Waals surface area contributed by atoms with Gasteiger partial charge in [0.15, 0.2) is 0 Å². The van der Waals surface area contributed by atoms with E-state index in [1.54, 1.807) is 24.3 Å². The van der Waals surface area contributed by atoms with Crippen molar-refractivity contribution in [2.45, 2.75) is 6.61 Å². The second kappa shape index (κ2) is 8.76. The fraction of sp³-hybridized carbons (Fsp3) is 0.0455. The quantitative estimate of drug-likeness (QED) is 0.229. The summed E-state index contributed by atoms with van der Waals surface area (Å²) >= 11 is 6.02. The summed E-state index contributed by atoms with van der Waals surface area (Å²) in [6, 6.07) is 19.9. The van der Waals surface area contributed by atoms with E-state index in [1.807, 2.05) is 30.3 Å². The van der Waals surface area contributed by atoms with Crippen molar-refractivity contribution >= 4 is 23.3 Å². The smallest absolute Gasteiger partial charge is 0.338 e. The van der Waals surface area contributed by atoms with Gasteiger partial charge in [-0.1, -0.05) is 29.8 Å². The lowest BCUT2D eigenvalue weighted by Gasteiger charge is -2.07. The van der Waals surface area contributed by atoms with Gasteiger partial charge < -0.3 is 9.15 Å². The minimum atomic E-state index is -0.559. The van der Waals surface area contributed by atoms with E-state index in [0.717, 1.165) is 5.56 Å². The Balaban J connectivity index is 1.42. The Morgan fingerprint density at radius 2 is 1.61 bits per heavy atom. The Hall–Kier alpha value is -4.04. The van der Waals surface area contributed by atoms with E-state index >= 15 is 0 Å². The minimum absolute atomic E-state index is 0.110. The molecule has 1 heterocycles. The molecule has 4 aromatic rings. The van der Waals surface area contributed by atoms with E-state index in [9.17, 15) is 14.9 Å². The molecule has 0 N–H and O–H groups in total. The highest BCUT2D eigenvalue weighted by Gasteiger charge is 2.14. The Kier molecular flexibility index (Phi) is 5.72. The number of carbonyl (C=O) groups excluding carboxylic acids is 1. The van der Waals surface area contributed by atoms with Crippen LogP contribution in [0.1, 0.15) is 15.9 Å².